The van der Waals surface area contributed by atoms with Crippen LogP contribution < -0.4 is 0 Å². The average molecular weight is 327 g/mol. The van der Waals surface area contributed by atoms with Crippen LogP contribution in [0.25, 0.3) is 0 Å². The molecular formula is C12H22S5. The molecule has 2 unspecified atom stereocenters. The van der Waals surface area contributed by atoms with Crippen LogP contribution in [-0.2, 0) is 0 Å². The van der Waals surface area contributed by atoms with Crippen molar-refractivity contribution in [3.05, 3.63) is 24.0 Å². The van der Waals surface area contributed by atoms with E-state index in [-0.39, 0.29) is 0 Å². The third kappa shape index (κ3) is 10.8. The van der Waals surface area contributed by atoms with E-state index in [1.807, 2.05) is 57.9 Å². The summed E-state index contributed by atoms with van der Waals surface area (Å²) in [5, 5.41) is 5.35. The maximum absolute atomic E-state index is 3.81. The van der Waals surface area contributed by atoms with Crippen LogP contribution in [0, 0.1) is 0 Å². The van der Waals surface area contributed by atoms with Gasteiger partial charge < -0.3 is 0 Å². The molecule has 0 aromatic carbocycles. The summed E-state index contributed by atoms with van der Waals surface area (Å²) >= 11 is 9.65. The zero-order chi connectivity index (χ0) is 12.9. The van der Waals surface area contributed by atoms with Gasteiger partial charge in [0.2, 0.25) is 0 Å². The third-order valence-corrected chi connectivity index (χ3v) is 7.30. The number of rotatable bonds is 12. The molecule has 0 bridgehead atoms. The SMILES string of the molecule is C=CSC(CSC)CSCC(CSC)SC=C. The summed E-state index contributed by atoms with van der Waals surface area (Å²) < 4.78 is 0. The highest BCUT2D eigenvalue weighted by molar-refractivity contribution is 8.08. The van der Waals surface area contributed by atoms with Gasteiger partial charge in [0.25, 0.3) is 0 Å². The molecule has 0 saturated carbocycles. The van der Waals surface area contributed by atoms with Crippen molar-refractivity contribution in [3.8, 4) is 0 Å². The molecule has 17 heavy (non-hydrogen) atoms. The monoisotopic (exact) mass is 326 g/mol. The van der Waals surface area contributed by atoms with E-state index in [9.17, 15) is 0 Å². The molecule has 0 rings (SSSR count). The molecule has 0 nitrogen and oxygen atoms in total. The molecule has 0 aliphatic carbocycles. The quantitative estimate of drug-likeness (QED) is 0.497. The van der Waals surface area contributed by atoms with Crippen LogP contribution >= 0.6 is 58.8 Å². The second kappa shape index (κ2) is 13.7. The summed E-state index contributed by atoms with van der Waals surface area (Å²) in [5.41, 5.74) is 0. The highest BCUT2D eigenvalue weighted by Crippen LogP contribution is 2.25. The molecule has 0 radical (unpaired) electrons. The van der Waals surface area contributed by atoms with Crippen LogP contribution in [0.15, 0.2) is 24.0 Å². The van der Waals surface area contributed by atoms with E-state index >= 15 is 0 Å². The molecule has 0 amide bonds. The highest BCUT2D eigenvalue weighted by Gasteiger charge is 2.11. The van der Waals surface area contributed by atoms with Crippen molar-refractivity contribution in [2.24, 2.45) is 0 Å². The van der Waals surface area contributed by atoms with Gasteiger partial charge in [0.05, 0.1) is 0 Å². The lowest BCUT2D eigenvalue weighted by Gasteiger charge is -2.16. The van der Waals surface area contributed by atoms with E-state index in [1.54, 1.807) is 0 Å². The molecule has 2 atom stereocenters. The first-order chi connectivity index (χ1) is 8.28. The predicted molar refractivity (Wildman–Crippen MR) is 97.2 cm³/mol. The van der Waals surface area contributed by atoms with Crippen LogP contribution in [0.3, 0.4) is 0 Å². The van der Waals surface area contributed by atoms with Gasteiger partial charge in [-0.1, -0.05) is 13.2 Å². The minimum atomic E-state index is 0.705. The van der Waals surface area contributed by atoms with Gasteiger partial charge in [0.1, 0.15) is 0 Å². The summed E-state index contributed by atoms with van der Waals surface area (Å²) in [6.45, 7) is 7.62. The fourth-order valence-electron chi connectivity index (χ4n) is 1.23. The van der Waals surface area contributed by atoms with Crippen molar-refractivity contribution in [2.75, 3.05) is 35.5 Å². The Morgan fingerprint density at radius 2 is 1.24 bits per heavy atom. The molecule has 100 valence electrons. The predicted octanol–water partition coefficient (Wildman–Crippen LogP) is 4.94. The first-order valence-corrected chi connectivity index (χ1v) is 11.2. The van der Waals surface area contributed by atoms with E-state index in [4.69, 9.17) is 0 Å². The topological polar surface area (TPSA) is 0 Å². The molecule has 0 aromatic heterocycles. The molecular weight excluding hydrogens is 304 g/mol. The highest BCUT2D eigenvalue weighted by atomic mass is 32.2. The standard InChI is InChI=1S/C12H22S5/c1-5-16-11(7-13-3)9-15-10-12(8-14-4)17-6-2/h5-6,11-12H,1-2,7-10H2,3-4H3. The van der Waals surface area contributed by atoms with Gasteiger partial charge in [-0.15, -0.1) is 23.5 Å². The Balaban J connectivity index is 3.81. The smallest absolute Gasteiger partial charge is 0.0269 e. The van der Waals surface area contributed by atoms with Gasteiger partial charge in [-0.3, -0.25) is 0 Å². The van der Waals surface area contributed by atoms with E-state index in [2.05, 4.69) is 37.4 Å². The first kappa shape index (κ1) is 18.2. The average Bonchev–Trinajstić information content (AvgIpc) is 2.30. The number of hydrogen-bond donors (Lipinski definition) is 0. The van der Waals surface area contributed by atoms with Crippen LogP contribution in [0.1, 0.15) is 0 Å². The van der Waals surface area contributed by atoms with Gasteiger partial charge in [-0.25, -0.2) is 0 Å². The summed E-state index contributed by atoms with van der Waals surface area (Å²) in [5.74, 6) is 4.87. The summed E-state index contributed by atoms with van der Waals surface area (Å²) in [4.78, 5) is 0. The van der Waals surface area contributed by atoms with Crippen molar-refractivity contribution < 1.29 is 0 Å². The van der Waals surface area contributed by atoms with E-state index in [0.717, 1.165) is 0 Å². The van der Waals surface area contributed by atoms with E-state index < -0.39 is 0 Å². The first-order valence-electron chi connectivity index (χ1n) is 5.36. The Bertz CT molecular complexity index is 175. The molecule has 0 aromatic rings. The molecule has 0 aliphatic heterocycles. The molecule has 0 fully saturated rings. The lowest BCUT2D eigenvalue weighted by atomic mass is 10.5. The molecule has 0 spiro atoms. The minimum absolute atomic E-state index is 0.705. The van der Waals surface area contributed by atoms with Gasteiger partial charge in [-0.2, -0.15) is 35.3 Å². The number of thioether (sulfide) groups is 5. The summed E-state index contributed by atoms with van der Waals surface area (Å²) in [7, 11) is 0. The lowest BCUT2D eigenvalue weighted by molar-refractivity contribution is 1.12. The Kier molecular flexibility index (Phi) is 14.6. The molecule has 0 heterocycles. The maximum atomic E-state index is 3.81. The van der Waals surface area contributed by atoms with Gasteiger partial charge in [0.15, 0.2) is 0 Å². The Morgan fingerprint density at radius 3 is 1.53 bits per heavy atom. The van der Waals surface area contributed by atoms with Crippen molar-refractivity contribution in [1.29, 1.82) is 0 Å². The molecule has 0 aliphatic rings. The molecule has 5 heteroatoms. The zero-order valence-corrected chi connectivity index (χ0v) is 14.7. The van der Waals surface area contributed by atoms with Crippen molar-refractivity contribution in [2.45, 2.75) is 10.5 Å². The van der Waals surface area contributed by atoms with E-state index in [1.165, 1.54) is 23.0 Å². The molecule has 0 N–H and O–H groups in total. The van der Waals surface area contributed by atoms with Crippen molar-refractivity contribution in [1.82, 2.24) is 0 Å². The fraction of sp³-hybridized carbons (Fsp3) is 0.667. The summed E-state index contributed by atoms with van der Waals surface area (Å²) in [6.07, 6.45) is 4.34. The second-order valence-corrected chi connectivity index (χ2v) is 8.74. The van der Waals surface area contributed by atoms with Crippen LogP contribution in [0.2, 0.25) is 0 Å². The van der Waals surface area contributed by atoms with Gasteiger partial charge in [0, 0.05) is 33.5 Å². The lowest BCUT2D eigenvalue weighted by Crippen LogP contribution is -2.13. The van der Waals surface area contributed by atoms with Gasteiger partial charge in [-0.05, 0) is 23.3 Å². The second-order valence-electron chi connectivity index (χ2n) is 3.30. The Morgan fingerprint density at radius 1 is 0.824 bits per heavy atom. The number of hydrogen-bond acceptors (Lipinski definition) is 5. The minimum Gasteiger partial charge on any atom is -0.164 e. The van der Waals surface area contributed by atoms with Crippen molar-refractivity contribution >= 4 is 58.8 Å². The van der Waals surface area contributed by atoms with Crippen LogP contribution in [-0.4, -0.2) is 46.0 Å². The third-order valence-electron chi connectivity index (χ3n) is 1.89. The maximum Gasteiger partial charge on any atom is 0.0269 e. The Labute approximate surface area is 128 Å². The van der Waals surface area contributed by atoms with E-state index in [0.29, 0.717) is 10.5 Å². The van der Waals surface area contributed by atoms with Crippen LogP contribution in [0.4, 0.5) is 0 Å². The van der Waals surface area contributed by atoms with Gasteiger partial charge >= 0.3 is 0 Å². The molecule has 0 saturated heterocycles. The van der Waals surface area contributed by atoms with Crippen molar-refractivity contribution in [3.63, 3.8) is 0 Å². The normalized spacial score (nSPS) is 14.2. The van der Waals surface area contributed by atoms with Crippen LogP contribution in [0.5, 0.6) is 0 Å². The fourth-order valence-corrected chi connectivity index (χ4v) is 6.60. The summed E-state index contributed by atoms with van der Waals surface area (Å²) in [6, 6.07) is 0. The largest absolute Gasteiger partial charge is 0.164 e. The Hall–Kier alpha value is 1.23. The zero-order valence-electron chi connectivity index (χ0n) is 10.6.